The smallest absolute Gasteiger partial charge is 0.365 e. The van der Waals surface area contributed by atoms with Gasteiger partial charge in [0.2, 0.25) is 0 Å². The van der Waals surface area contributed by atoms with E-state index in [9.17, 15) is 8.78 Å². The number of hydrogen-bond acceptors (Lipinski definition) is 3. The van der Waals surface area contributed by atoms with Crippen LogP contribution in [0.2, 0.25) is 12.6 Å². The summed E-state index contributed by atoms with van der Waals surface area (Å²) in [5.74, 6) is 0. The Labute approximate surface area is 105 Å². The number of ether oxygens (including phenoxy) is 1. The van der Waals surface area contributed by atoms with E-state index in [1.54, 1.807) is 0 Å². The first kappa shape index (κ1) is 16.4. The molecule has 0 spiro atoms. The standard InChI is InChI=1S/C9H19BrF2O3Si/c1-4-14-16(3,15-5-2)7-6-13-9(11,12)8-10/h4-8H2,1-3H3. The molecule has 0 unspecified atom stereocenters. The highest BCUT2D eigenvalue weighted by Crippen LogP contribution is 2.21. The zero-order valence-electron chi connectivity index (χ0n) is 9.89. The minimum absolute atomic E-state index is 0.0542. The van der Waals surface area contributed by atoms with Crippen molar-refractivity contribution >= 4 is 24.5 Å². The molecule has 0 N–H and O–H groups in total. The Kier molecular flexibility index (Phi) is 7.91. The average molecular weight is 321 g/mol. The minimum Gasteiger partial charge on any atom is -0.395 e. The van der Waals surface area contributed by atoms with Crippen molar-refractivity contribution in [1.29, 1.82) is 0 Å². The Bertz CT molecular complexity index is 190. The normalized spacial score (nSPS) is 13.1. The molecule has 0 amide bonds. The van der Waals surface area contributed by atoms with Crippen LogP contribution in [0.3, 0.4) is 0 Å². The fourth-order valence-electron chi connectivity index (χ4n) is 1.22. The molecule has 98 valence electrons. The zero-order valence-corrected chi connectivity index (χ0v) is 12.5. The van der Waals surface area contributed by atoms with Gasteiger partial charge >= 0.3 is 14.7 Å². The van der Waals surface area contributed by atoms with Gasteiger partial charge in [-0.1, -0.05) is 15.9 Å². The molecule has 0 saturated heterocycles. The van der Waals surface area contributed by atoms with Crippen molar-refractivity contribution in [3.63, 3.8) is 0 Å². The van der Waals surface area contributed by atoms with E-state index in [-0.39, 0.29) is 6.61 Å². The highest BCUT2D eigenvalue weighted by molar-refractivity contribution is 9.09. The first-order valence-electron chi connectivity index (χ1n) is 5.24. The fraction of sp³-hybridized carbons (Fsp3) is 1.00. The van der Waals surface area contributed by atoms with E-state index >= 15 is 0 Å². The topological polar surface area (TPSA) is 27.7 Å². The number of rotatable bonds is 9. The molecule has 16 heavy (non-hydrogen) atoms. The lowest BCUT2D eigenvalue weighted by Gasteiger charge is -2.26. The Balaban J connectivity index is 4.02. The maximum absolute atomic E-state index is 12.8. The SMILES string of the molecule is CCO[Si](C)(CCOC(F)(F)CBr)OCC. The van der Waals surface area contributed by atoms with Gasteiger partial charge in [0.1, 0.15) is 0 Å². The van der Waals surface area contributed by atoms with Gasteiger partial charge in [-0.2, -0.15) is 8.78 Å². The predicted molar refractivity (Wildman–Crippen MR) is 64.4 cm³/mol. The van der Waals surface area contributed by atoms with Gasteiger partial charge < -0.3 is 13.6 Å². The van der Waals surface area contributed by atoms with E-state index in [2.05, 4.69) is 20.7 Å². The maximum atomic E-state index is 12.8. The van der Waals surface area contributed by atoms with Gasteiger partial charge in [-0.25, -0.2) is 0 Å². The van der Waals surface area contributed by atoms with E-state index in [1.807, 2.05) is 20.4 Å². The summed E-state index contributed by atoms with van der Waals surface area (Å²) in [6, 6.07) is 0.400. The van der Waals surface area contributed by atoms with Crippen LogP contribution >= 0.6 is 15.9 Å². The van der Waals surface area contributed by atoms with Gasteiger partial charge in [-0.15, -0.1) is 0 Å². The number of alkyl halides is 3. The van der Waals surface area contributed by atoms with Crippen molar-refractivity contribution < 1.29 is 22.4 Å². The second-order valence-electron chi connectivity index (χ2n) is 3.37. The Hall–Kier alpha value is 0.437. The molecular formula is C9H19BrF2O3Si. The lowest BCUT2D eigenvalue weighted by atomic mass is 10.7. The summed E-state index contributed by atoms with van der Waals surface area (Å²) in [5, 5.41) is -0.498. The molecule has 3 nitrogen and oxygen atoms in total. The first-order valence-corrected chi connectivity index (χ1v) is 8.89. The largest absolute Gasteiger partial charge is 0.395 e. The van der Waals surface area contributed by atoms with E-state index in [4.69, 9.17) is 8.85 Å². The average Bonchev–Trinajstić information content (AvgIpc) is 2.18. The molecule has 0 heterocycles. The molecule has 0 aromatic carbocycles. The molecule has 7 heteroatoms. The third-order valence-electron chi connectivity index (χ3n) is 1.92. The van der Waals surface area contributed by atoms with Crippen molar-refractivity contribution in [3.05, 3.63) is 0 Å². The van der Waals surface area contributed by atoms with Crippen molar-refractivity contribution in [3.8, 4) is 0 Å². The number of halogens is 3. The lowest BCUT2D eigenvalue weighted by molar-refractivity contribution is -0.216. The molecule has 0 aliphatic heterocycles. The Morgan fingerprint density at radius 3 is 2.06 bits per heavy atom. The molecule has 0 fully saturated rings. The zero-order chi connectivity index (χ0) is 12.7. The van der Waals surface area contributed by atoms with Gasteiger partial charge in [0.05, 0.1) is 11.9 Å². The minimum atomic E-state index is -3.12. The van der Waals surface area contributed by atoms with Crippen LogP contribution in [0.15, 0.2) is 0 Å². The second-order valence-corrected chi connectivity index (χ2v) is 7.27. The van der Waals surface area contributed by atoms with E-state index in [0.717, 1.165) is 0 Å². The third kappa shape index (κ3) is 6.90. The summed E-state index contributed by atoms with van der Waals surface area (Å²) in [6.07, 6.45) is -3.12. The third-order valence-corrected chi connectivity index (χ3v) is 5.49. The molecule has 0 bridgehead atoms. The van der Waals surface area contributed by atoms with Crippen LogP contribution < -0.4 is 0 Å². The monoisotopic (exact) mass is 320 g/mol. The summed E-state index contributed by atoms with van der Waals surface area (Å²) < 4.78 is 41.0. The van der Waals surface area contributed by atoms with Crippen LogP contribution in [0, 0.1) is 0 Å². The van der Waals surface area contributed by atoms with Crippen LogP contribution in [-0.4, -0.2) is 39.8 Å². The van der Waals surface area contributed by atoms with E-state index in [0.29, 0.717) is 19.3 Å². The molecule has 0 aromatic heterocycles. The van der Waals surface area contributed by atoms with Gasteiger partial charge in [-0.05, 0) is 20.4 Å². The summed E-state index contributed by atoms with van der Waals surface area (Å²) >= 11 is 2.69. The van der Waals surface area contributed by atoms with Crippen molar-refractivity contribution in [1.82, 2.24) is 0 Å². The van der Waals surface area contributed by atoms with Crippen LogP contribution in [-0.2, 0) is 13.6 Å². The summed E-state index contributed by atoms with van der Waals surface area (Å²) in [7, 11) is -2.34. The molecule has 0 rings (SSSR count). The summed E-state index contributed by atoms with van der Waals surface area (Å²) in [6.45, 7) is 6.57. The van der Waals surface area contributed by atoms with Crippen LogP contribution in [0.4, 0.5) is 8.78 Å². The Morgan fingerprint density at radius 1 is 1.19 bits per heavy atom. The van der Waals surface area contributed by atoms with Gasteiger partial charge in [0.15, 0.2) is 0 Å². The van der Waals surface area contributed by atoms with Crippen molar-refractivity contribution in [2.24, 2.45) is 0 Å². The molecule has 0 radical (unpaired) electrons. The first-order chi connectivity index (χ1) is 7.39. The molecule has 0 aromatic rings. The highest BCUT2D eigenvalue weighted by Gasteiger charge is 2.34. The van der Waals surface area contributed by atoms with Crippen LogP contribution in [0.25, 0.3) is 0 Å². The fourth-order valence-corrected chi connectivity index (χ4v) is 3.45. The molecule has 0 atom stereocenters. The quantitative estimate of drug-likeness (QED) is 0.482. The van der Waals surface area contributed by atoms with Crippen molar-refractivity contribution in [2.45, 2.75) is 32.5 Å². The molecule has 0 aliphatic rings. The van der Waals surface area contributed by atoms with E-state index < -0.39 is 20.0 Å². The molecule has 0 saturated carbocycles. The van der Waals surface area contributed by atoms with Crippen LogP contribution in [0.1, 0.15) is 13.8 Å². The summed E-state index contributed by atoms with van der Waals surface area (Å²) in [5.41, 5.74) is 0. The molecule has 0 aliphatic carbocycles. The Morgan fingerprint density at radius 2 is 1.69 bits per heavy atom. The summed E-state index contributed by atoms with van der Waals surface area (Å²) in [4.78, 5) is 0. The van der Waals surface area contributed by atoms with Gasteiger partial charge in [0.25, 0.3) is 0 Å². The van der Waals surface area contributed by atoms with Crippen LogP contribution in [0.5, 0.6) is 0 Å². The maximum Gasteiger partial charge on any atom is 0.365 e. The lowest BCUT2D eigenvalue weighted by Crippen LogP contribution is -2.40. The highest BCUT2D eigenvalue weighted by atomic mass is 79.9. The second kappa shape index (κ2) is 7.70. The number of hydrogen-bond donors (Lipinski definition) is 0. The molecular weight excluding hydrogens is 302 g/mol. The van der Waals surface area contributed by atoms with Crippen molar-refractivity contribution in [2.75, 3.05) is 25.2 Å². The predicted octanol–water partition coefficient (Wildman–Crippen LogP) is 3.14. The van der Waals surface area contributed by atoms with Gasteiger partial charge in [0, 0.05) is 19.3 Å². The van der Waals surface area contributed by atoms with E-state index in [1.165, 1.54) is 0 Å². The van der Waals surface area contributed by atoms with Gasteiger partial charge in [-0.3, -0.25) is 0 Å².